The Morgan fingerprint density at radius 3 is 3.06 bits per heavy atom. The van der Waals surface area contributed by atoms with Crippen LogP contribution in [0.1, 0.15) is 16.9 Å². The monoisotopic (exact) mass is 268 g/mol. The van der Waals surface area contributed by atoms with E-state index in [0.717, 1.165) is 39.2 Å². The first-order valence-electron chi connectivity index (χ1n) is 6.79. The fourth-order valence-electron chi connectivity index (χ4n) is 2.23. The molecule has 2 heterocycles. The number of ether oxygens (including phenoxy) is 1. The van der Waals surface area contributed by atoms with Gasteiger partial charge < -0.3 is 15.0 Å². The Balaban J connectivity index is 1.62. The molecule has 1 atom stereocenters. The first kappa shape index (κ1) is 14.0. The van der Waals surface area contributed by atoms with Crippen LogP contribution in [0, 0.1) is 6.92 Å². The zero-order chi connectivity index (χ0) is 12.8. The van der Waals surface area contributed by atoms with E-state index in [1.807, 2.05) is 11.3 Å². The Labute approximate surface area is 114 Å². The van der Waals surface area contributed by atoms with Gasteiger partial charge in [0, 0.05) is 31.1 Å². The van der Waals surface area contributed by atoms with Crippen LogP contribution in [0.4, 0.5) is 0 Å². The van der Waals surface area contributed by atoms with Gasteiger partial charge in [-0.1, -0.05) is 0 Å². The number of likely N-dealkylation sites (N-methyl/N-ethyl adjacent to an activating group) is 1. The Hall–Kier alpha value is -0.420. The summed E-state index contributed by atoms with van der Waals surface area (Å²) in [6.45, 7) is 7.34. The molecule has 1 N–H and O–H groups in total. The highest BCUT2D eigenvalue weighted by Gasteiger charge is 2.13. The summed E-state index contributed by atoms with van der Waals surface area (Å²) in [5.74, 6) is 0. The zero-order valence-electron chi connectivity index (χ0n) is 11.4. The van der Waals surface area contributed by atoms with Gasteiger partial charge in [-0.25, -0.2) is 0 Å². The molecule has 4 heteroatoms. The third-order valence-corrected chi connectivity index (χ3v) is 4.61. The van der Waals surface area contributed by atoms with Crippen LogP contribution in [-0.2, 0) is 11.2 Å². The first-order chi connectivity index (χ1) is 8.75. The number of rotatable bonds is 6. The molecule has 3 nitrogen and oxygen atoms in total. The van der Waals surface area contributed by atoms with E-state index in [1.165, 1.54) is 16.9 Å². The standard InChI is InChI=1S/C14H24N2OS/c1-12-5-10-18-14(12)4-8-16(2)7-3-13-11-15-6-9-17-13/h5,10,13,15H,3-4,6-9,11H2,1-2H3. The minimum absolute atomic E-state index is 0.407. The summed E-state index contributed by atoms with van der Waals surface area (Å²) < 4.78 is 5.71. The summed E-state index contributed by atoms with van der Waals surface area (Å²) in [5.41, 5.74) is 1.44. The highest BCUT2D eigenvalue weighted by molar-refractivity contribution is 7.10. The summed E-state index contributed by atoms with van der Waals surface area (Å²) in [4.78, 5) is 3.94. The molecule has 1 aliphatic heterocycles. The van der Waals surface area contributed by atoms with Crippen molar-refractivity contribution in [2.24, 2.45) is 0 Å². The molecule has 1 aromatic heterocycles. The number of hydrogen-bond acceptors (Lipinski definition) is 4. The fourth-order valence-corrected chi connectivity index (χ4v) is 3.13. The number of nitrogens with one attached hydrogen (secondary N) is 1. The minimum atomic E-state index is 0.407. The second kappa shape index (κ2) is 7.24. The quantitative estimate of drug-likeness (QED) is 0.853. The normalized spacial score (nSPS) is 20.5. The molecule has 0 bridgehead atoms. The van der Waals surface area contributed by atoms with Crippen LogP contribution in [0.25, 0.3) is 0 Å². The fraction of sp³-hybridized carbons (Fsp3) is 0.714. The maximum absolute atomic E-state index is 5.71. The molecular weight excluding hydrogens is 244 g/mol. The second-order valence-electron chi connectivity index (χ2n) is 5.07. The lowest BCUT2D eigenvalue weighted by molar-refractivity contribution is 0.0188. The van der Waals surface area contributed by atoms with E-state index in [9.17, 15) is 0 Å². The predicted molar refractivity (Wildman–Crippen MR) is 77.5 cm³/mol. The van der Waals surface area contributed by atoms with Crippen molar-refractivity contribution in [2.75, 3.05) is 39.8 Å². The molecule has 0 amide bonds. The molecule has 1 aromatic rings. The molecule has 1 saturated heterocycles. The van der Waals surface area contributed by atoms with Gasteiger partial charge in [0.15, 0.2) is 0 Å². The third kappa shape index (κ3) is 4.35. The molecule has 0 aliphatic carbocycles. The average Bonchev–Trinajstić information content (AvgIpc) is 2.81. The molecule has 0 saturated carbocycles. The first-order valence-corrected chi connectivity index (χ1v) is 7.67. The van der Waals surface area contributed by atoms with Gasteiger partial charge in [0.25, 0.3) is 0 Å². The van der Waals surface area contributed by atoms with Crippen LogP contribution in [-0.4, -0.2) is 50.8 Å². The van der Waals surface area contributed by atoms with Crippen molar-refractivity contribution < 1.29 is 4.74 Å². The lowest BCUT2D eigenvalue weighted by atomic mass is 10.2. The van der Waals surface area contributed by atoms with E-state index in [4.69, 9.17) is 4.74 Å². The number of thiophene rings is 1. The third-order valence-electron chi connectivity index (χ3n) is 3.53. The number of nitrogens with zero attached hydrogens (tertiary/aromatic N) is 1. The Morgan fingerprint density at radius 1 is 1.50 bits per heavy atom. The largest absolute Gasteiger partial charge is 0.376 e. The molecule has 0 spiro atoms. The minimum Gasteiger partial charge on any atom is -0.376 e. The molecule has 18 heavy (non-hydrogen) atoms. The van der Waals surface area contributed by atoms with Crippen molar-refractivity contribution >= 4 is 11.3 Å². The summed E-state index contributed by atoms with van der Waals surface area (Å²) >= 11 is 1.88. The SMILES string of the molecule is Cc1ccsc1CCN(C)CCC1CNCCO1. The van der Waals surface area contributed by atoms with Gasteiger partial charge in [0.2, 0.25) is 0 Å². The summed E-state index contributed by atoms with van der Waals surface area (Å²) in [6, 6.07) is 2.21. The van der Waals surface area contributed by atoms with Gasteiger partial charge in [-0.15, -0.1) is 11.3 Å². The smallest absolute Gasteiger partial charge is 0.0712 e. The van der Waals surface area contributed by atoms with Gasteiger partial charge in [-0.2, -0.15) is 0 Å². The van der Waals surface area contributed by atoms with Crippen molar-refractivity contribution in [3.63, 3.8) is 0 Å². The van der Waals surface area contributed by atoms with E-state index < -0.39 is 0 Å². The van der Waals surface area contributed by atoms with Crippen molar-refractivity contribution in [2.45, 2.75) is 25.9 Å². The topological polar surface area (TPSA) is 24.5 Å². The van der Waals surface area contributed by atoms with Crippen LogP contribution >= 0.6 is 11.3 Å². The molecular formula is C14H24N2OS. The molecule has 1 aliphatic rings. The second-order valence-corrected chi connectivity index (χ2v) is 6.07. The summed E-state index contributed by atoms with van der Waals surface area (Å²) in [7, 11) is 2.21. The summed E-state index contributed by atoms with van der Waals surface area (Å²) in [5, 5.41) is 5.57. The van der Waals surface area contributed by atoms with Gasteiger partial charge in [-0.05, 0) is 43.8 Å². The van der Waals surface area contributed by atoms with Crippen molar-refractivity contribution in [1.82, 2.24) is 10.2 Å². The highest BCUT2D eigenvalue weighted by Crippen LogP contribution is 2.16. The maximum atomic E-state index is 5.71. The van der Waals surface area contributed by atoms with E-state index in [0.29, 0.717) is 6.10 Å². The van der Waals surface area contributed by atoms with Crippen molar-refractivity contribution in [1.29, 1.82) is 0 Å². The van der Waals surface area contributed by atoms with E-state index in [-0.39, 0.29) is 0 Å². The number of hydrogen-bond donors (Lipinski definition) is 1. The van der Waals surface area contributed by atoms with Gasteiger partial charge >= 0.3 is 0 Å². The van der Waals surface area contributed by atoms with E-state index >= 15 is 0 Å². The molecule has 2 rings (SSSR count). The van der Waals surface area contributed by atoms with Gasteiger partial charge in [-0.3, -0.25) is 0 Å². The Bertz CT molecular complexity index is 347. The Kier molecular flexibility index (Phi) is 5.63. The van der Waals surface area contributed by atoms with Crippen molar-refractivity contribution in [3.05, 3.63) is 21.9 Å². The molecule has 102 valence electrons. The van der Waals surface area contributed by atoms with E-state index in [1.54, 1.807) is 0 Å². The highest BCUT2D eigenvalue weighted by atomic mass is 32.1. The average molecular weight is 268 g/mol. The number of aryl methyl sites for hydroxylation is 1. The molecule has 1 fully saturated rings. The lowest BCUT2D eigenvalue weighted by Crippen LogP contribution is -2.40. The van der Waals surface area contributed by atoms with Crippen LogP contribution in [0.3, 0.4) is 0 Å². The summed E-state index contributed by atoms with van der Waals surface area (Å²) in [6.07, 6.45) is 2.71. The maximum Gasteiger partial charge on any atom is 0.0712 e. The lowest BCUT2D eigenvalue weighted by Gasteiger charge is -2.25. The number of morpholine rings is 1. The predicted octanol–water partition coefficient (Wildman–Crippen LogP) is 1.91. The van der Waals surface area contributed by atoms with E-state index in [2.05, 4.69) is 35.6 Å². The zero-order valence-corrected chi connectivity index (χ0v) is 12.3. The van der Waals surface area contributed by atoms with Crippen LogP contribution < -0.4 is 5.32 Å². The Morgan fingerprint density at radius 2 is 2.39 bits per heavy atom. The van der Waals surface area contributed by atoms with Gasteiger partial charge in [0.05, 0.1) is 12.7 Å². The van der Waals surface area contributed by atoms with Crippen molar-refractivity contribution in [3.8, 4) is 0 Å². The molecule has 0 aromatic carbocycles. The van der Waals surface area contributed by atoms with Crippen LogP contribution in [0.5, 0.6) is 0 Å². The molecule has 1 unspecified atom stereocenters. The van der Waals surface area contributed by atoms with Gasteiger partial charge in [0.1, 0.15) is 0 Å². The van der Waals surface area contributed by atoms with Crippen LogP contribution in [0.2, 0.25) is 0 Å². The van der Waals surface area contributed by atoms with Crippen LogP contribution in [0.15, 0.2) is 11.4 Å². The molecule has 0 radical (unpaired) electrons.